The third-order valence-electron chi connectivity index (χ3n) is 5.38. The average molecular weight is 328 g/mol. The summed E-state index contributed by atoms with van der Waals surface area (Å²) in [4.78, 5) is 28.3. The number of pyridine rings is 1. The van der Waals surface area contributed by atoms with Gasteiger partial charge in [-0.1, -0.05) is 12.8 Å². The van der Waals surface area contributed by atoms with Crippen LogP contribution in [0.15, 0.2) is 22.7 Å². The molecule has 1 amide bonds. The Labute approximate surface area is 139 Å². The summed E-state index contributed by atoms with van der Waals surface area (Å²) in [6, 6.07) is 3.40. The van der Waals surface area contributed by atoms with Crippen molar-refractivity contribution in [2.45, 2.75) is 38.1 Å². The van der Waals surface area contributed by atoms with Crippen molar-refractivity contribution in [2.24, 2.45) is 11.8 Å². The molecule has 2 bridgehead atoms. The molecule has 3 aliphatic carbocycles. The first-order valence-electron chi connectivity index (χ1n) is 8.43. The highest BCUT2D eigenvalue weighted by Gasteiger charge is 2.36. The quantitative estimate of drug-likeness (QED) is 0.876. The summed E-state index contributed by atoms with van der Waals surface area (Å²) in [5.74, 6) is 0.734. The highest BCUT2D eigenvalue weighted by Crippen LogP contribution is 2.41. The Morgan fingerprint density at radius 2 is 2.04 bits per heavy atom. The molecule has 24 heavy (non-hydrogen) atoms. The monoisotopic (exact) mass is 328 g/mol. The third kappa shape index (κ3) is 2.66. The van der Waals surface area contributed by atoms with Gasteiger partial charge in [-0.05, 0) is 31.1 Å². The predicted molar refractivity (Wildman–Crippen MR) is 86.7 cm³/mol. The number of furan rings is 1. The summed E-state index contributed by atoms with van der Waals surface area (Å²) in [5, 5.41) is 3.81. The van der Waals surface area contributed by atoms with E-state index in [0.29, 0.717) is 22.6 Å². The minimum absolute atomic E-state index is 0.108. The first-order valence-corrected chi connectivity index (χ1v) is 8.43. The van der Waals surface area contributed by atoms with E-state index in [0.717, 1.165) is 12.3 Å². The number of ether oxygens (including phenoxy) is 1. The van der Waals surface area contributed by atoms with Gasteiger partial charge in [0.25, 0.3) is 5.91 Å². The van der Waals surface area contributed by atoms with Crippen LogP contribution in [0.2, 0.25) is 0 Å². The Bertz CT molecular complexity index is 789. The van der Waals surface area contributed by atoms with Crippen molar-refractivity contribution >= 4 is 22.8 Å². The number of methoxy groups -OCH3 is 1. The van der Waals surface area contributed by atoms with Gasteiger partial charge in [-0.2, -0.15) is 0 Å². The summed E-state index contributed by atoms with van der Waals surface area (Å²) in [5.41, 5.74) is 0.774. The summed E-state index contributed by atoms with van der Waals surface area (Å²) >= 11 is 0. The number of hydrogen-bond acceptors (Lipinski definition) is 5. The molecule has 0 spiro atoms. The van der Waals surface area contributed by atoms with Crippen LogP contribution in [-0.4, -0.2) is 30.0 Å². The summed E-state index contributed by atoms with van der Waals surface area (Å²) in [6.45, 7) is 0. The average Bonchev–Trinajstić information content (AvgIpc) is 3.05. The zero-order valence-corrected chi connectivity index (χ0v) is 13.6. The zero-order valence-electron chi connectivity index (χ0n) is 13.6. The SMILES string of the molecule is COC(=O)c1cc2cnc(C(=O)NC3CC4CCC3CC4)cc2o1. The van der Waals surface area contributed by atoms with E-state index in [1.165, 1.54) is 32.8 Å². The Morgan fingerprint density at radius 3 is 2.71 bits per heavy atom. The van der Waals surface area contributed by atoms with E-state index in [9.17, 15) is 9.59 Å². The number of carbonyl (C=O) groups is 2. The predicted octanol–water partition coefficient (Wildman–Crippen LogP) is 2.92. The molecule has 0 radical (unpaired) electrons. The molecule has 3 saturated carbocycles. The van der Waals surface area contributed by atoms with Crippen LogP contribution in [0.25, 0.3) is 11.0 Å². The molecule has 126 valence electrons. The highest BCUT2D eigenvalue weighted by atomic mass is 16.5. The molecule has 6 nitrogen and oxygen atoms in total. The number of esters is 1. The van der Waals surface area contributed by atoms with Gasteiger partial charge in [0.05, 0.1) is 7.11 Å². The second kappa shape index (κ2) is 5.92. The number of carbonyl (C=O) groups excluding carboxylic acids is 2. The van der Waals surface area contributed by atoms with Crippen molar-refractivity contribution in [2.75, 3.05) is 7.11 Å². The molecule has 0 aromatic carbocycles. The number of hydrogen-bond donors (Lipinski definition) is 1. The summed E-state index contributed by atoms with van der Waals surface area (Å²) in [7, 11) is 1.30. The Hall–Kier alpha value is -2.37. The molecule has 1 N–H and O–H groups in total. The molecule has 1 unspecified atom stereocenters. The van der Waals surface area contributed by atoms with Gasteiger partial charge in [-0.3, -0.25) is 9.78 Å². The Balaban J connectivity index is 1.52. The van der Waals surface area contributed by atoms with E-state index in [-0.39, 0.29) is 17.7 Å². The number of rotatable bonds is 3. The van der Waals surface area contributed by atoms with Gasteiger partial charge < -0.3 is 14.5 Å². The van der Waals surface area contributed by atoms with Crippen molar-refractivity contribution in [3.05, 3.63) is 29.8 Å². The highest BCUT2D eigenvalue weighted by molar-refractivity contribution is 5.97. The van der Waals surface area contributed by atoms with Gasteiger partial charge >= 0.3 is 5.97 Å². The first kappa shape index (κ1) is 15.2. The number of amides is 1. The van der Waals surface area contributed by atoms with Crippen molar-refractivity contribution in [3.8, 4) is 0 Å². The number of nitrogens with one attached hydrogen (secondary N) is 1. The lowest BCUT2D eigenvalue weighted by molar-refractivity contribution is 0.0567. The fourth-order valence-corrected chi connectivity index (χ4v) is 4.06. The standard InChI is InChI=1S/C18H20N2O4/c1-23-18(22)16-7-12-9-19-14(8-15(12)24-16)17(21)20-13-6-10-2-4-11(13)5-3-10/h7-11,13H,2-6H2,1H3,(H,20,21). The fraction of sp³-hybridized carbons (Fsp3) is 0.500. The lowest BCUT2D eigenvalue weighted by Gasteiger charge is -2.42. The maximum atomic E-state index is 12.5. The molecule has 6 heteroatoms. The second-order valence-corrected chi connectivity index (χ2v) is 6.81. The fourth-order valence-electron chi connectivity index (χ4n) is 4.06. The second-order valence-electron chi connectivity index (χ2n) is 6.81. The molecule has 0 saturated heterocycles. The van der Waals surface area contributed by atoms with Crippen LogP contribution in [0, 0.1) is 11.8 Å². The van der Waals surface area contributed by atoms with Crippen molar-refractivity contribution < 1.29 is 18.7 Å². The molecule has 2 aromatic heterocycles. The van der Waals surface area contributed by atoms with Crippen LogP contribution in [0.4, 0.5) is 0 Å². The van der Waals surface area contributed by atoms with Gasteiger partial charge in [0, 0.05) is 29.8 Å². The molecular weight excluding hydrogens is 308 g/mol. The van der Waals surface area contributed by atoms with Crippen LogP contribution < -0.4 is 5.32 Å². The third-order valence-corrected chi connectivity index (χ3v) is 5.38. The lowest BCUT2D eigenvalue weighted by Crippen LogP contribution is -2.47. The number of fused-ring (bicyclic) bond motifs is 4. The van der Waals surface area contributed by atoms with E-state index in [4.69, 9.17) is 4.42 Å². The van der Waals surface area contributed by atoms with Gasteiger partial charge in [-0.15, -0.1) is 0 Å². The van der Waals surface area contributed by atoms with Gasteiger partial charge in [0.15, 0.2) is 0 Å². The minimum atomic E-state index is -0.546. The molecule has 2 heterocycles. The summed E-state index contributed by atoms with van der Waals surface area (Å²) < 4.78 is 10.1. The van der Waals surface area contributed by atoms with Crippen molar-refractivity contribution in [1.29, 1.82) is 0 Å². The van der Waals surface area contributed by atoms with Crippen molar-refractivity contribution in [3.63, 3.8) is 0 Å². The molecule has 1 atom stereocenters. The van der Waals surface area contributed by atoms with E-state index < -0.39 is 5.97 Å². The van der Waals surface area contributed by atoms with Crippen LogP contribution in [0.5, 0.6) is 0 Å². The van der Waals surface area contributed by atoms with E-state index >= 15 is 0 Å². The van der Waals surface area contributed by atoms with Gasteiger partial charge in [-0.25, -0.2) is 4.79 Å². The molecule has 0 aliphatic heterocycles. The first-order chi connectivity index (χ1) is 11.6. The van der Waals surface area contributed by atoms with Gasteiger partial charge in [0.2, 0.25) is 5.76 Å². The molecule has 3 fully saturated rings. The zero-order chi connectivity index (χ0) is 16.7. The lowest BCUT2D eigenvalue weighted by atomic mass is 9.68. The normalized spacial score (nSPS) is 25.6. The minimum Gasteiger partial charge on any atom is -0.463 e. The van der Waals surface area contributed by atoms with Crippen LogP contribution in [0.3, 0.4) is 0 Å². The Morgan fingerprint density at radius 1 is 1.25 bits per heavy atom. The van der Waals surface area contributed by atoms with E-state index in [1.54, 1.807) is 18.3 Å². The van der Waals surface area contributed by atoms with Gasteiger partial charge in [0.1, 0.15) is 11.3 Å². The molecule has 3 aliphatic rings. The largest absolute Gasteiger partial charge is 0.463 e. The van der Waals surface area contributed by atoms with Crippen LogP contribution >= 0.6 is 0 Å². The molecular formula is C18H20N2O4. The van der Waals surface area contributed by atoms with E-state index in [1.807, 2.05) is 0 Å². The summed E-state index contributed by atoms with van der Waals surface area (Å²) in [6.07, 6.45) is 7.64. The molecule has 5 rings (SSSR count). The van der Waals surface area contributed by atoms with Crippen molar-refractivity contribution in [1.82, 2.24) is 10.3 Å². The van der Waals surface area contributed by atoms with Crippen LogP contribution in [-0.2, 0) is 4.74 Å². The number of nitrogens with zero attached hydrogens (tertiary/aromatic N) is 1. The van der Waals surface area contributed by atoms with E-state index in [2.05, 4.69) is 15.0 Å². The topological polar surface area (TPSA) is 81.4 Å². The molecule has 2 aromatic rings. The Kier molecular flexibility index (Phi) is 3.75. The maximum absolute atomic E-state index is 12.5. The number of aromatic nitrogens is 1. The maximum Gasteiger partial charge on any atom is 0.373 e. The van der Waals surface area contributed by atoms with Crippen LogP contribution in [0.1, 0.15) is 53.1 Å². The smallest absolute Gasteiger partial charge is 0.373 e.